The van der Waals surface area contributed by atoms with Gasteiger partial charge in [0.05, 0.1) is 0 Å². The number of hydrogen-bond acceptors (Lipinski definition) is 2. The molecule has 0 N–H and O–H groups in total. The van der Waals surface area contributed by atoms with Crippen LogP contribution in [0.2, 0.25) is 3.93 Å². The van der Waals surface area contributed by atoms with Crippen molar-refractivity contribution in [1.29, 1.82) is 0 Å². The fourth-order valence-corrected chi connectivity index (χ4v) is 2.21. The monoisotopic (exact) mass is 324 g/mol. The minimum absolute atomic E-state index is 0.205. The number of carbonyl (C=O) groups is 1. The summed E-state index contributed by atoms with van der Waals surface area (Å²) >= 11 is -1.02. The zero-order valence-corrected chi connectivity index (χ0v) is 11.1. The first kappa shape index (κ1) is 8.70. The SMILES string of the molecule is CC(=O)OC[CH2][Hg][Cl]. The Morgan fingerprint density at radius 3 is 2.88 bits per heavy atom. The molecule has 0 atom stereocenters. The number of rotatable bonds is 3. The number of ether oxygens (including phenoxy) is 1. The van der Waals surface area contributed by atoms with Gasteiger partial charge in [0.2, 0.25) is 0 Å². The van der Waals surface area contributed by atoms with Crippen LogP contribution < -0.4 is 0 Å². The summed E-state index contributed by atoms with van der Waals surface area (Å²) in [5.41, 5.74) is 0. The van der Waals surface area contributed by atoms with Crippen LogP contribution in [0.5, 0.6) is 0 Å². The second-order valence-corrected chi connectivity index (χ2v) is 8.92. The van der Waals surface area contributed by atoms with Gasteiger partial charge in [-0.25, -0.2) is 0 Å². The predicted molar refractivity (Wildman–Crippen MR) is 27.3 cm³/mol. The van der Waals surface area contributed by atoms with E-state index in [1.807, 2.05) is 0 Å². The van der Waals surface area contributed by atoms with Gasteiger partial charge in [0.15, 0.2) is 0 Å². The van der Waals surface area contributed by atoms with E-state index in [-0.39, 0.29) is 5.97 Å². The molecule has 2 nitrogen and oxygen atoms in total. The standard InChI is InChI=1S/C4H7O2.ClH.Hg/c1-3-6-4(2)5;;/h1,3H2,2H3;1H;/q;;+1/p-1. The van der Waals surface area contributed by atoms with E-state index in [4.69, 9.17) is 8.25 Å². The van der Waals surface area contributed by atoms with E-state index >= 15 is 0 Å². The van der Waals surface area contributed by atoms with Crippen LogP contribution >= 0.6 is 8.25 Å². The molecule has 0 spiro atoms. The van der Waals surface area contributed by atoms with Crippen molar-refractivity contribution in [3.8, 4) is 0 Å². The van der Waals surface area contributed by atoms with Crippen molar-refractivity contribution in [3.05, 3.63) is 0 Å². The molecule has 0 rings (SSSR count). The predicted octanol–water partition coefficient (Wildman–Crippen LogP) is 1.20. The molecule has 0 saturated heterocycles. The van der Waals surface area contributed by atoms with E-state index in [1.54, 1.807) is 0 Å². The molecule has 0 aliphatic carbocycles. The Morgan fingerprint density at radius 2 is 2.50 bits per heavy atom. The van der Waals surface area contributed by atoms with E-state index in [9.17, 15) is 4.79 Å². The maximum atomic E-state index is 10.1. The van der Waals surface area contributed by atoms with Crippen LogP contribution in [0.3, 0.4) is 0 Å². The van der Waals surface area contributed by atoms with Crippen LogP contribution in [0.15, 0.2) is 0 Å². The molecule has 0 aromatic heterocycles. The van der Waals surface area contributed by atoms with E-state index in [1.165, 1.54) is 6.92 Å². The van der Waals surface area contributed by atoms with Gasteiger partial charge in [0, 0.05) is 0 Å². The molecule has 0 aliphatic heterocycles. The minimum atomic E-state index is -1.02. The van der Waals surface area contributed by atoms with Crippen LogP contribution in [-0.4, -0.2) is 12.6 Å². The average molecular weight is 323 g/mol. The summed E-state index contributed by atoms with van der Waals surface area (Å²) in [4.78, 5) is 10.1. The van der Waals surface area contributed by atoms with Crippen LogP contribution in [0.1, 0.15) is 6.92 Å². The molecule has 0 saturated carbocycles. The normalized spacial score (nSPS) is 7.75. The molecule has 4 heteroatoms. The molecule has 8 heavy (non-hydrogen) atoms. The van der Waals surface area contributed by atoms with Crippen LogP contribution in [-0.2, 0) is 32.9 Å². The van der Waals surface area contributed by atoms with Crippen LogP contribution in [0, 0.1) is 0 Å². The van der Waals surface area contributed by atoms with Gasteiger partial charge >= 0.3 is 64.5 Å². The first-order valence-corrected chi connectivity index (χ1v) is 13.1. The number of halogens is 1. The first-order valence-electron chi connectivity index (χ1n) is 2.46. The van der Waals surface area contributed by atoms with Crippen molar-refractivity contribution in [3.63, 3.8) is 0 Å². The van der Waals surface area contributed by atoms with Gasteiger partial charge in [-0.15, -0.1) is 0 Å². The van der Waals surface area contributed by atoms with Crippen molar-refractivity contribution < 1.29 is 32.9 Å². The zero-order chi connectivity index (χ0) is 6.41. The van der Waals surface area contributed by atoms with E-state index in [0.29, 0.717) is 6.61 Å². The third kappa shape index (κ3) is 6.70. The summed E-state index contributed by atoms with van der Waals surface area (Å²) in [5, 5.41) is 0. The molecule has 0 bridgehead atoms. The second kappa shape index (κ2) is 5.83. The summed E-state index contributed by atoms with van der Waals surface area (Å²) in [6.07, 6.45) is 0. The Kier molecular flexibility index (Phi) is 6.33. The fourth-order valence-electron chi connectivity index (χ4n) is 0.270. The molecule has 0 radical (unpaired) electrons. The van der Waals surface area contributed by atoms with Gasteiger partial charge in [-0.3, -0.25) is 0 Å². The Balaban J connectivity index is 2.82. The summed E-state index contributed by atoms with van der Waals surface area (Å²) in [5.74, 6) is -0.205. The van der Waals surface area contributed by atoms with Gasteiger partial charge < -0.3 is 0 Å². The van der Waals surface area contributed by atoms with Crippen LogP contribution in [0.4, 0.5) is 0 Å². The Morgan fingerprint density at radius 1 is 1.88 bits per heavy atom. The molecule has 0 aromatic carbocycles. The van der Waals surface area contributed by atoms with Crippen molar-refractivity contribution in [2.45, 2.75) is 10.9 Å². The molecule has 0 aliphatic rings. The Hall–Kier alpha value is 0.695. The average Bonchev–Trinajstić information content (AvgIpc) is 1.66. The molecule has 0 unspecified atom stereocenters. The molecule has 0 amide bonds. The van der Waals surface area contributed by atoms with Crippen molar-refractivity contribution in [2.75, 3.05) is 6.61 Å². The van der Waals surface area contributed by atoms with Crippen molar-refractivity contribution in [1.82, 2.24) is 0 Å². The van der Waals surface area contributed by atoms with Gasteiger partial charge in [0.1, 0.15) is 0 Å². The summed E-state index contributed by atoms with van der Waals surface area (Å²) in [7, 11) is 5.52. The van der Waals surface area contributed by atoms with E-state index in [0.717, 1.165) is 3.93 Å². The molecule has 0 fully saturated rings. The summed E-state index contributed by atoms with van der Waals surface area (Å²) < 4.78 is 5.57. The van der Waals surface area contributed by atoms with Crippen LogP contribution in [0.25, 0.3) is 0 Å². The first-order chi connectivity index (χ1) is 3.77. The number of hydrogen-bond donors (Lipinski definition) is 0. The number of carbonyl (C=O) groups excluding carboxylic acids is 1. The third-order valence-corrected chi connectivity index (χ3v) is 5.09. The molecule has 44 valence electrons. The van der Waals surface area contributed by atoms with Crippen molar-refractivity contribution >= 4 is 14.2 Å². The topological polar surface area (TPSA) is 26.3 Å². The molecule has 0 heterocycles. The Labute approximate surface area is 64.4 Å². The van der Waals surface area contributed by atoms with E-state index in [2.05, 4.69) is 4.74 Å². The summed E-state index contributed by atoms with van der Waals surface area (Å²) in [6, 6.07) is 0. The van der Waals surface area contributed by atoms with E-state index < -0.39 is 23.3 Å². The quantitative estimate of drug-likeness (QED) is 0.443. The van der Waals surface area contributed by atoms with Crippen molar-refractivity contribution in [2.24, 2.45) is 0 Å². The molecule has 0 aromatic rings. The molecular formula is C4H7ClHgO2. The van der Waals surface area contributed by atoms with Gasteiger partial charge in [-0.2, -0.15) is 0 Å². The maximum absolute atomic E-state index is 10.1. The summed E-state index contributed by atoms with van der Waals surface area (Å²) in [6.45, 7) is 1.95. The van der Waals surface area contributed by atoms with Gasteiger partial charge in [-0.1, -0.05) is 0 Å². The fraction of sp³-hybridized carbons (Fsp3) is 0.750. The zero-order valence-electron chi connectivity index (χ0n) is 4.82. The van der Waals surface area contributed by atoms with Gasteiger partial charge in [0.25, 0.3) is 0 Å². The third-order valence-electron chi connectivity index (χ3n) is 0.583. The number of esters is 1. The Bertz CT molecular complexity index is 76.4. The second-order valence-electron chi connectivity index (χ2n) is 1.38. The van der Waals surface area contributed by atoms with Gasteiger partial charge in [-0.05, 0) is 0 Å². The molecular weight excluding hydrogens is 316 g/mol.